The molecule has 3 rings (SSSR count). The quantitative estimate of drug-likeness (QED) is 0.459. The van der Waals surface area contributed by atoms with Crippen LogP contribution < -0.4 is 14.8 Å². The molecule has 0 spiro atoms. The van der Waals surface area contributed by atoms with E-state index in [0.29, 0.717) is 41.6 Å². The average molecular weight is 470 g/mol. The van der Waals surface area contributed by atoms with E-state index >= 15 is 0 Å². The Morgan fingerprint density at radius 2 is 1.67 bits per heavy atom. The predicted octanol–water partition coefficient (Wildman–Crippen LogP) is 3.98. The summed E-state index contributed by atoms with van der Waals surface area (Å²) >= 11 is 0. The Hall–Kier alpha value is -3.43. The van der Waals surface area contributed by atoms with Crippen LogP contribution in [0.2, 0.25) is 0 Å². The standard InChI is InChI=1S/C24H27N3O5S/c1-16-13-18(3)22(14-17(16)2)33(29,30)27-20-6-8-21(9-7-20)32-23-10-5-19(15-26-23)24(28)25-11-12-31-4/h5-10,13-15,27H,11-12H2,1-4H3,(H,25,28). The highest BCUT2D eigenvalue weighted by atomic mass is 32.2. The number of pyridine rings is 1. The van der Waals surface area contributed by atoms with Gasteiger partial charge in [0.2, 0.25) is 5.88 Å². The van der Waals surface area contributed by atoms with Gasteiger partial charge in [-0.2, -0.15) is 0 Å². The molecule has 0 aliphatic rings. The number of sulfonamides is 1. The normalized spacial score (nSPS) is 11.2. The van der Waals surface area contributed by atoms with Gasteiger partial charge in [0, 0.05) is 31.6 Å². The van der Waals surface area contributed by atoms with Crippen LogP contribution in [0.1, 0.15) is 27.0 Å². The lowest BCUT2D eigenvalue weighted by atomic mass is 10.1. The van der Waals surface area contributed by atoms with Crippen molar-refractivity contribution in [2.24, 2.45) is 0 Å². The van der Waals surface area contributed by atoms with Crippen molar-refractivity contribution < 1.29 is 22.7 Å². The van der Waals surface area contributed by atoms with Crippen LogP contribution in [0.25, 0.3) is 0 Å². The molecule has 2 N–H and O–H groups in total. The first kappa shape index (κ1) is 24.2. The second-order valence-corrected chi connectivity index (χ2v) is 9.22. The summed E-state index contributed by atoms with van der Waals surface area (Å²) in [7, 11) is -2.16. The molecular formula is C24H27N3O5S. The number of amides is 1. The molecule has 1 aromatic heterocycles. The van der Waals surface area contributed by atoms with Crippen molar-refractivity contribution in [2.45, 2.75) is 25.7 Å². The number of carbonyl (C=O) groups excluding carboxylic acids is 1. The molecule has 8 nitrogen and oxygen atoms in total. The molecule has 0 atom stereocenters. The van der Waals surface area contributed by atoms with E-state index in [0.717, 1.165) is 11.1 Å². The Labute approximate surface area is 194 Å². The molecule has 0 aliphatic heterocycles. The van der Waals surface area contributed by atoms with E-state index in [9.17, 15) is 13.2 Å². The molecule has 0 saturated heterocycles. The van der Waals surface area contributed by atoms with Crippen molar-refractivity contribution in [1.29, 1.82) is 0 Å². The average Bonchev–Trinajstić information content (AvgIpc) is 2.78. The van der Waals surface area contributed by atoms with Crippen molar-refractivity contribution >= 4 is 21.6 Å². The van der Waals surface area contributed by atoms with E-state index in [1.54, 1.807) is 56.5 Å². The molecule has 0 fully saturated rings. The molecule has 33 heavy (non-hydrogen) atoms. The Balaban J connectivity index is 1.65. The summed E-state index contributed by atoms with van der Waals surface area (Å²) in [6.45, 7) is 6.45. The van der Waals surface area contributed by atoms with Gasteiger partial charge in [-0.1, -0.05) is 6.07 Å². The number of methoxy groups -OCH3 is 1. The Bertz CT molecular complexity index is 1220. The molecule has 174 valence electrons. The van der Waals surface area contributed by atoms with E-state index in [4.69, 9.17) is 9.47 Å². The summed E-state index contributed by atoms with van der Waals surface area (Å²) < 4.78 is 38.9. The van der Waals surface area contributed by atoms with Crippen LogP contribution in [-0.4, -0.2) is 39.6 Å². The smallest absolute Gasteiger partial charge is 0.262 e. The van der Waals surface area contributed by atoms with Crippen molar-refractivity contribution in [1.82, 2.24) is 10.3 Å². The number of nitrogens with one attached hydrogen (secondary N) is 2. The SMILES string of the molecule is COCCNC(=O)c1ccc(Oc2ccc(NS(=O)(=O)c3cc(C)c(C)cc3C)cc2)nc1. The third-order valence-corrected chi connectivity index (χ3v) is 6.52. The maximum absolute atomic E-state index is 12.8. The van der Waals surface area contributed by atoms with Crippen LogP contribution in [0.15, 0.2) is 59.6 Å². The summed E-state index contributed by atoms with van der Waals surface area (Å²) in [5.74, 6) is 0.536. The number of nitrogens with zero attached hydrogens (tertiary/aromatic N) is 1. The summed E-state index contributed by atoms with van der Waals surface area (Å²) in [5, 5.41) is 2.71. The summed E-state index contributed by atoms with van der Waals surface area (Å²) in [6.07, 6.45) is 1.42. The van der Waals surface area contributed by atoms with Crippen LogP contribution in [0.5, 0.6) is 11.6 Å². The second kappa shape index (κ2) is 10.5. The fraction of sp³-hybridized carbons (Fsp3) is 0.250. The molecule has 0 bridgehead atoms. The van der Waals surface area contributed by atoms with E-state index < -0.39 is 10.0 Å². The number of aromatic nitrogens is 1. The van der Waals surface area contributed by atoms with Crippen LogP contribution >= 0.6 is 0 Å². The Morgan fingerprint density at radius 3 is 2.30 bits per heavy atom. The summed E-state index contributed by atoms with van der Waals surface area (Å²) in [6, 6.07) is 13.2. The lowest BCUT2D eigenvalue weighted by Crippen LogP contribution is -2.26. The van der Waals surface area contributed by atoms with Crippen molar-refractivity contribution in [3.63, 3.8) is 0 Å². The van der Waals surface area contributed by atoms with Crippen LogP contribution in [0, 0.1) is 20.8 Å². The minimum Gasteiger partial charge on any atom is -0.439 e. The number of ether oxygens (including phenoxy) is 2. The molecule has 0 aliphatic carbocycles. The summed E-state index contributed by atoms with van der Waals surface area (Å²) in [5.41, 5.74) is 3.46. The van der Waals surface area contributed by atoms with Crippen LogP contribution in [-0.2, 0) is 14.8 Å². The molecule has 1 heterocycles. The van der Waals surface area contributed by atoms with E-state index in [1.807, 2.05) is 19.9 Å². The molecule has 0 saturated carbocycles. The number of carbonyl (C=O) groups is 1. The number of rotatable bonds is 9. The fourth-order valence-corrected chi connectivity index (χ4v) is 4.46. The number of benzene rings is 2. The van der Waals surface area contributed by atoms with Crippen molar-refractivity contribution in [3.05, 3.63) is 77.0 Å². The van der Waals surface area contributed by atoms with Gasteiger partial charge in [0.1, 0.15) is 5.75 Å². The van der Waals surface area contributed by atoms with Crippen LogP contribution in [0.3, 0.4) is 0 Å². The maximum atomic E-state index is 12.8. The van der Waals surface area contributed by atoms with Gasteiger partial charge in [-0.3, -0.25) is 9.52 Å². The molecule has 3 aromatic rings. The van der Waals surface area contributed by atoms with Gasteiger partial charge < -0.3 is 14.8 Å². The predicted molar refractivity (Wildman–Crippen MR) is 126 cm³/mol. The summed E-state index contributed by atoms with van der Waals surface area (Å²) in [4.78, 5) is 16.4. The highest BCUT2D eigenvalue weighted by molar-refractivity contribution is 7.92. The highest BCUT2D eigenvalue weighted by Crippen LogP contribution is 2.25. The topological polar surface area (TPSA) is 107 Å². The van der Waals surface area contributed by atoms with Crippen molar-refractivity contribution in [2.75, 3.05) is 25.0 Å². The lowest BCUT2D eigenvalue weighted by Gasteiger charge is -2.13. The van der Waals surface area contributed by atoms with E-state index in [-0.39, 0.29) is 10.8 Å². The van der Waals surface area contributed by atoms with E-state index in [1.165, 1.54) is 6.20 Å². The van der Waals surface area contributed by atoms with Crippen molar-refractivity contribution in [3.8, 4) is 11.6 Å². The zero-order valence-electron chi connectivity index (χ0n) is 19.0. The monoisotopic (exact) mass is 469 g/mol. The first-order valence-electron chi connectivity index (χ1n) is 10.3. The number of aryl methyl sites for hydroxylation is 3. The Kier molecular flexibility index (Phi) is 7.67. The minimum absolute atomic E-state index is 0.248. The Morgan fingerprint density at radius 1 is 0.970 bits per heavy atom. The zero-order chi connectivity index (χ0) is 24.0. The molecule has 0 radical (unpaired) electrons. The molecule has 0 unspecified atom stereocenters. The second-order valence-electron chi connectivity index (χ2n) is 7.57. The van der Waals surface area contributed by atoms with Gasteiger partial charge in [-0.15, -0.1) is 0 Å². The fourth-order valence-electron chi connectivity index (χ4n) is 3.09. The molecule has 2 aromatic carbocycles. The molecular weight excluding hydrogens is 442 g/mol. The third kappa shape index (κ3) is 6.30. The maximum Gasteiger partial charge on any atom is 0.262 e. The van der Waals surface area contributed by atoms with Gasteiger partial charge in [0.05, 0.1) is 17.1 Å². The van der Waals surface area contributed by atoms with Gasteiger partial charge in [-0.25, -0.2) is 13.4 Å². The molecule has 9 heteroatoms. The number of hydrogen-bond donors (Lipinski definition) is 2. The number of anilines is 1. The largest absolute Gasteiger partial charge is 0.439 e. The van der Waals surface area contributed by atoms with E-state index in [2.05, 4.69) is 15.0 Å². The van der Waals surface area contributed by atoms with Gasteiger partial charge >= 0.3 is 0 Å². The van der Waals surface area contributed by atoms with Gasteiger partial charge in [0.15, 0.2) is 0 Å². The first-order chi connectivity index (χ1) is 15.7. The highest BCUT2D eigenvalue weighted by Gasteiger charge is 2.18. The van der Waals surface area contributed by atoms with Gasteiger partial charge in [-0.05, 0) is 73.9 Å². The lowest BCUT2D eigenvalue weighted by molar-refractivity contribution is 0.0936. The molecule has 1 amide bonds. The zero-order valence-corrected chi connectivity index (χ0v) is 19.8. The van der Waals surface area contributed by atoms with Crippen LogP contribution in [0.4, 0.5) is 5.69 Å². The number of hydrogen-bond acceptors (Lipinski definition) is 6. The van der Waals surface area contributed by atoms with Gasteiger partial charge in [0.25, 0.3) is 15.9 Å². The minimum atomic E-state index is -3.73. The third-order valence-electron chi connectivity index (χ3n) is 5.00. The first-order valence-corrected chi connectivity index (χ1v) is 11.8.